The molecular weight excluding hydrogens is 250 g/mol. The van der Waals surface area contributed by atoms with Gasteiger partial charge in [0.25, 0.3) is 0 Å². The fraction of sp³-hybridized carbons (Fsp3) is 0.941. The molecule has 0 aromatic rings. The van der Waals surface area contributed by atoms with E-state index in [1.54, 1.807) is 0 Å². The van der Waals surface area contributed by atoms with Crippen LogP contribution in [-0.4, -0.2) is 25.2 Å². The molecule has 3 heteroatoms. The number of carbonyl (C=O) groups excluding carboxylic acids is 1. The summed E-state index contributed by atoms with van der Waals surface area (Å²) in [6.45, 7) is 0. The van der Waals surface area contributed by atoms with Gasteiger partial charge in [-0.25, -0.2) is 0 Å². The summed E-state index contributed by atoms with van der Waals surface area (Å²) in [7, 11) is 1.53. The van der Waals surface area contributed by atoms with Crippen molar-refractivity contribution < 1.29 is 9.53 Å². The Hall–Kier alpha value is -0.570. The van der Waals surface area contributed by atoms with Gasteiger partial charge in [0.05, 0.1) is 7.11 Å². The van der Waals surface area contributed by atoms with Crippen LogP contribution in [0, 0.1) is 5.92 Å². The molecule has 20 heavy (non-hydrogen) atoms. The summed E-state index contributed by atoms with van der Waals surface area (Å²) in [5, 5.41) is 3.67. The fourth-order valence-corrected chi connectivity index (χ4v) is 3.87. The van der Waals surface area contributed by atoms with Crippen LogP contribution in [0.25, 0.3) is 0 Å². The summed E-state index contributed by atoms with van der Waals surface area (Å²) in [6.07, 6.45) is 15.3. The fourth-order valence-electron chi connectivity index (χ4n) is 3.87. The smallest absolute Gasteiger partial charge is 0.323 e. The maximum absolute atomic E-state index is 12.2. The van der Waals surface area contributed by atoms with Crippen LogP contribution < -0.4 is 5.32 Å². The molecule has 3 nitrogen and oxygen atoms in total. The van der Waals surface area contributed by atoms with E-state index >= 15 is 0 Å². The van der Waals surface area contributed by atoms with Crippen LogP contribution in [-0.2, 0) is 9.53 Å². The Bertz CT molecular complexity index is 277. The molecule has 0 bridgehead atoms. The summed E-state index contributed by atoms with van der Waals surface area (Å²) in [5.74, 6) is 0.439. The summed E-state index contributed by atoms with van der Waals surface area (Å²) < 4.78 is 5.08. The molecule has 0 aliphatic heterocycles. The van der Waals surface area contributed by atoms with Crippen LogP contribution in [0.2, 0.25) is 0 Å². The van der Waals surface area contributed by atoms with Gasteiger partial charge in [-0.3, -0.25) is 4.79 Å². The molecule has 2 rings (SSSR count). The highest BCUT2D eigenvalue weighted by Gasteiger charge is 2.31. The molecule has 0 radical (unpaired) electrons. The van der Waals surface area contributed by atoms with Crippen molar-refractivity contribution in [2.45, 2.75) is 89.1 Å². The molecule has 2 fully saturated rings. The summed E-state index contributed by atoms with van der Waals surface area (Å²) in [6, 6.07) is 0.450. The van der Waals surface area contributed by atoms with Crippen LogP contribution in [0.1, 0.15) is 77.0 Å². The predicted octanol–water partition coefficient (Wildman–Crippen LogP) is 3.81. The molecule has 1 N–H and O–H groups in total. The zero-order chi connectivity index (χ0) is 14.2. The maximum Gasteiger partial charge on any atom is 0.323 e. The maximum atomic E-state index is 12.2. The standard InChI is InChI=1S/C17H31NO2/c1-20-17(19)16(14-10-6-2-3-7-11-14)18-15-12-8-4-5-9-13-15/h14-16,18H,2-13H2,1H3. The van der Waals surface area contributed by atoms with Crippen LogP contribution in [0.15, 0.2) is 0 Å². The van der Waals surface area contributed by atoms with Gasteiger partial charge < -0.3 is 10.1 Å². The van der Waals surface area contributed by atoms with Crippen molar-refractivity contribution in [1.82, 2.24) is 5.32 Å². The lowest BCUT2D eigenvalue weighted by Crippen LogP contribution is -2.48. The second-order valence-electron chi connectivity index (χ2n) is 6.61. The van der Waals surface area contributed by atoms with Gasteiger partial charge >= 0.3 is 5.97 Å². The van der Waals surface area contributed by atoms with E-state index in [0.717, 1.165) is 0 Å². The highest BCUT2D eigenvalue weighted by atomic mass is 16.5. The number of esters is 1. The molecule has 0 heterocycles. The third-order valence-electron chi connectivity index (χ3n) is 5.10. The second kappa shape index (κ2) is 8.66. The Kier molecular flexibility index (Phi) is 6.85. The minimum Gasteiger partial charge on any atom is -0.468 e. The van der Waals surface area contributed by atoms with Crippen molar-refractivity contribution in [3.63, 3.8) is 0 Å². The van der Waals surface area contributed by atoms with Gasteiger partial charge in [-0.1, -0.05) is 51.4 Å². The molecule has 2 aliphatic carbocycles. The summed E-state index contributed by atoms with van der Waals surface area (Å²) in [4.78, 5) is 12.2. The topological polar surface area (TPSA) is 38.3 Å². The molecule has 116 valence electrons. The lowest BCUT2D eigenvalue weighted by atomic mass is 9.90. The van der Waals surface area contributed by atoms with E-state index in [2.05, 4.69) is 5.32 Å². The van der Waals surface area contributed by atoms with Crippen molar-refractivity contribution in [1.29, 1.82) is 0 Å². The van der Waals surface area contributed by atoms with Gasteiger partial charge in [0.15, 0.2) is 0 Å². The third-order valence-corrected chi connectivity index (χ3v) is 5.10. The zero-order valence-corrected chi connectivity index (χ0v) is 13.0. The van der Waals surface area contributed by atoms with Crippen molar-refractivity contribution in [3.05, 3.63) is 0 Å². The molecule has 2 saturated carbocycles. The summed E-state index contributed by atoms with van der Waals surface area (Å²) in [5.41, 5.74) is 0. The molecular formula is C17H31NO2. The number of rotatable bonds is 4. The van der Waals surface area contributed by atoms with E-state index < -0.39 is 0 Å². The molecule has 0 saturated heterocycles. The van der Waals surface area contributed by atoms with E-state index in [4.69, 9.17) is 4.74 Å². The Labute approximate surface area is 123 Å². The second-order valence-corrected chi connectivity index (χ2v) is 6.61. The lowest BCUT2D eigenvalue weighted by molar-refractivity contribution is -0.145. The molecule has 0 aromatic carbocycles. The van der Waals surface area contributed by atoms with E-state index in [9.17, 15) is 4.79 Å². The Morgan fingerprint density at radius 2 is 1.40 bits per heavy atom. The number of nitrogens with one attached hydrogen (secondary N) is 1. The van der Waals surface area contributed by atoms with Crippen molar-refractivity contribution in [2.24, 2.45) is 5.92 Å². The Morgan fingerprint density at radius 3 is 1.90 bits per heavy atom. The number of hydrogen-bond acceptors (Lipinski definition) is 3. The number of methoxy groups -OCH3 is 1. The molecule has 0 spiro atoms. The zero-order valence-electron chi connectivity index (χ0n) is 13.0. The van der Waals surface area contributed by atoms with Crippen molar-refractivity contribution in [2.75, 3.05) is 7.11 Å². The average molecular weight is 281 g/mol. The van der Waals surface area contributed by atoms with Crippen LogP contribution in [0.5, 0.6) is 0 Å². The third kappa shape index (κ3) is 4.76. The molecule has 1 unspecified atom stereocenters. The van der Waals surface area contributed by atoms with Gasteiger partial charge in [0.2, 0.25) is 0 Å². The van der Waals surface area contributed by atoms with Gasteiger partial charge in [0.1, 0.15) is 6.04 Å². The molecule has 0 aromatic heterocycles. The van der Waals surface area contributed by atoms with Crippen molar-refractivity contribution in [3.8, 4) is 0 Å². The largest absolute Gasteiger partial charge is 0.468 e. The lowest BCUT2D eigenvalue weighted by Gasteiger charge is -2.29. The van der Waals surface area contributed by atoms with E-state index in [-0.39, 0.29) is 12.0 Å². The van der Waals surface area contributed by atoms with Crippen molar-refractivity contribution >= 4 is 5.97 Å². The van der Waals surface area contributed by atoms with E-state index in [0.29, 0.717) is 12.0 Å². The van der Waals surface area contributed by atoms with Gasteiger partial charge in [0, 0.05) is 6.04 Å². The minimum atomic E-state index is -0.0683. The highest BCUT2D eigenvalue weighted by molar-refractivity contribution is 5.76. The number of ether oxygens (including phenoxy) is 1. The number of carbonyl (C=O) groups is 1. The quantitative estimate of drug-likeness (QED) is 0.629. The van der Waals surface area contributed by atoms with E-state index in [1.807, 2.05) is 0 Å². The monoisotopic (exact) mass is 281 g/mol. The molecule has 2 aliphatic rings. The predicted molar refractivity (Wildman–Crippen MR) is 81.6 cm³/mol. The number of hydrogen-bond donors (Lipinski definition) is 1. The van der Waals surface area contributed by atoms with Gasteiger partial charge in [-0.2, -0.15) is 0 Å². The van der Waals surface area contributed by atoms with Crippen LogP contribution in [0.4, 0.5) is 0 Å². The van der Waals surface area contributed by atoms with E-state index in [1.165, 1.54) is 84.2 Å². The summed E-state index contributed by atoms with van der Waals surface area (Å²) >= 11 is 0. The van der Waals surface area contributed by atoms with Gasteiger partial charge in [-0.15, -0.1) is 0 Å². The molecule has 0 amide bonds. The van der Waals surface area contributed by atoms with Crippen LogP contribution in [0.3, 0.4) is 0 Å². The molecule has 1 atom stereocenters. The highest BCUT2D eigenvalue weighted by Crippen LogP contribution is 2.27. The first kappa shape index (κ1) is 15.8. The average Bonchev–Trinajstić information content (AvgIpc) is 2.88. The first-order valence-corrected chi connectivity index (χ1v) is 8.65. The SMILES string of the molecule is COC(=O)C(NC1CCCCCC1)C1CCCCCC1. The Balaban J connectivity index is 1.96. The first-order valence-electron chi connectivity index (χ1n) is 8.65. The normalized spacial score (nSPS) is 24.6. The first-order chi connectivity index (χ1) is 9.81. The van der Waals surface area contributed by atoms with Crippen LogP contribution >= 0.6 is 0 Å². The van der Waals surface area contributed by atoms with Gasteiger partial charge in [-0.05, 0) is 31.6 Å². The minimum absolute atomic E-state index is 0.0406. The Morgan fingerprint density at radius 1 is 0.900 bits per heavy atom.